The number of carbonyl (C=O) groups excluding carboxylic acids is 2. The van der Waals surface area contributed by atoms with Gasteiger partial charge in [0.15, 0.2) is 0 Å². The predicted molar refractivity (Wildman–Crippen MR) is 57.0 cm³/mol. The Hall–Kier alpha value is -1.10. The first-order chi connectivity index (χ1) is 7.15. The van der Waals surface area contributed by atoms with Gasteiger partial charge in [0.25, 0.3) is 0 Å². The van der Waals surface area contributed by atoms with Gasteiger partial charge in [-0.3, -0.25) is 9.59 Å². The second kappa shape index (κ2) is 5.70. The number of carbonyl (C=O) groups is 2. The molecular weight excluding hydrogens is 194 g/mol. The van der Waals surface area contributed by atoms with E-state index in [1.54, 1.807) is 0 Å². The molecule has 1 fully saturated rings. The van der Waals surface area contributed by atoms with Crippen molar-refractivity contribution in [1.82, 2.24) is 10.6 Å². The van der Waals surface area contributed by atoms with E-state index in [1.165, 1.54) is 0 Å². The van der Waals surface area contributed by atoms with Crippen LogP contribution in [0.5, 0.6) is 0 Å². The van der Waals surface area contributed by atoms with E-state index in [1.807, 2.05) is 6.92 Å². The minimum absolute atomic E-state index is 0.00571. The lowest BCUT2D eigenvalue weighted by atomic mass is 10.0. The van der Waals surface area contributed by atoms with Gasteiger partial charge in [0.1, 0.15) is 0 Å². The number of hydrogen-bond acceptors (Lipinski definition) is 3. The van der Waals surface area contributed by atoms with Crippen molar-refractivity contribution in [3.8, 4) is 0 Å². The Balaban J connectivity index is 2.26. The molecule has 0 aromatic heterocycles. The molecule has 1 saturated heterocycles. The highest BCUT2D eigenvalue weighted by Gasteiger charge is 2.23. The Bertz CT molecular complexity index is 239. The van der Waals surface area contributed by atoms with Crippen LogP contribution in [0.1, 0.15) is 26.2 Å². The molecule has 2 unspecified atom stereocenters. The van der Waals surface area contributed by atoms with Crippen molar-refractivity contribution in [3.05, 3.63) is 0 Å². The van der Waals surface area contributed by atoms with Gasteiger partial charge in [-0.25, -0.2) is 0 Å². The average molecular weight is 213 g/mol. The van der Waals surface area contributed by atoms with Gasteiger partial charge >= 0.3 is 0 Å². The molecule has 0 aromatic rings. The molecule has 0 saturated carbocycles. The van der Waals surface area contributed by atoms with E-state index in [4.69, 9.17) is 5.73 Å². The summed E-state index contributed by atoms with van der Waals surface area (Å²) in [4.78, 5) is 22.4. The number of nitrogens with one attached hydrogen (secondary N) is 2. The van der Waals surface area contributed by atoms with Gasteiger partial charge in [-0.2, -0.15) is 0 Å². The fraction of sp³-hybridized carbons (Fsp3) is 0.800. The average Bonchev–Trinajstić information content (AvgIpc) is 2.60. The fourth-order valence-corrected chi connectivity index (χ4v) is 1.65. The lowest BCUT2D eigenvalue weighted by Gasteiger charge is -2.14. The largest absolute Gasteiger partial charge is 0.354 e. The summed E-state index contributed by atoms with van der Waals surface area (Å²) in [5.74, 6) is 0.245. The molecule has 4 N–H and O–H groups in total. The van der Waals surface area contributed by atoms with Crippen LogP contribution in [0.25, 0.3) is 0 Å². The van der Waals surface area contributed by atoms with E-state index in [-0.39, 0.29) is 23.8 Å². The summed E-state index contributed by atoms with van der Waals surface area (Å²) in [6, 6.07) is -0.0414. The van der Waals surface area contributed by atoms with Gasteiger partial charge in [0.2, 0.25) is 11.8 Å². The summed E-state index contributed by atoms with van der Waals surface area (Å²) in [5, 5.41) is 5.51. The molecule has 0 aliphatic carbocycles. The van der Waals surface area contributed by atoms with Gasteiger partial charge in [0, 0.05) is 19.4 Å². The van der Waals surface area contributed by atoms with Crippen molar-refractivity contribution in [2.75, 3.05) is 13.1 Å². The first kappa shape index (κ1) is 12.0. The zero-order valence-corrected chi connectivity index (χ0v) is 9.08. The normalized spacial score (nSPS) is 22.3. The highest BCUT2D eigenvalue weighted by Crippen LogP contribution is 2.07. The summed E-state index contributed by atoms with van der Waals surface area (Å²) in [5.41, 5.74) is 5.52. The first-order valence-electron chi connectivity index (χ1n) is 5.41. The standard InChI is InChI=1S/C10H19N3O2/c1-2-7(5-11)3-10(15)13-8-4-9(14)12-6-8/h7-8H,2-6,11H2,1H3,(H,12,14)(H,13,15). The topological polar surface area (TPSA) is 84.2 Å². The molecule has 1 aliphatic rings. The van der Waals surface area contributed by atoms with Crippen molar-refractivity contribution < 1.29 is 9.59 Å². The SMILES string of the molecule is CCC(CN)CC(=O)NC1CNC(=O)C1. The molecule has 0 bridgehead atoms. The monoisotopic (exact) mass is 213 g/mol. The van der Waals surface area contributed by atoms with Gasteiger partial charge in [-0.05, 0) is 12.5 Å². The number of hydrogen-bond donors (Lipinski definition) is 3. The summed E-state index contributed by atoms with van der Waals surface area (Å²) in [6.45, 7) is 3.10. The zero-order valence-electron chi connectivity index (χ0n) is 9.08. The van der Waals surface area contributed by atoms with Crippen LogP contribution < -0.4 is 16.4 Å². The Labute approximate surface area is 89.8 Å². The highest BCUT2D eigenvalue weighted by molar-refractivity contribution is 5.82. The summed E-state index contributed by atoms with van der Waals surface area (Å²) >= 11 is 0. The van der Waals surface area contributed by atoms with E-state index >= 15 is 0 Å². The summed E-state index contributed by atoms with van der Waals surface area (Å²) < 4.78 is 0. The van der Waals surface area contributed by atoms with Crippen molar-refractivity contribution in [2.45, 2.75) is 32.2 Å². The van der Waals surface area contributed by atoms with Gasteiger partial charge in [-0.15, -0.1) is 0 Å². The molecular formula is C10H19N3O2. The third-order valence-electron chi connectivity index (χ3n) is 2.73. The molecule has 1 heterocycles. The molecule has 0 radical (unpaired) electrons. The van der Waals surface area contributed by atoms with Crippen LogP contribution in [-0.2, 0) is 9.59 Å². The smallest absolute Gasteiger partial charge is 0.222 e. The van der Waals surface area contributed by atoms with E-state index < -0.39 is 0 Å². The number of rotatable bonds is 5. The van der Waals surface area contributed by atoms with Gasteiger partial charge in [-0.1, -0.05) is 13.3 Å². The third-order valence-corrected chi connectivity index (χ3v) is 2.73. The lowest BCUT2D eigenvalue weighted by Crippen LogP contribution is -2.37. The van der Waals surface area contributed by atoms with Crippen LogP contribution in [0.4, 0.5) is 0 Å². The van der Waals surface area contributed by atoms with E-state index in [9.17, 15) is 9.59 Å². The fourth-order valence-electron chi connectivity index (χ4n) is 1.65. The Morgan fingerprint density at radius 1 is 1.73 bits per heavy atom. The lowest BCUT2D eigenvalue weighted by molar-refractivity contribution is -0.122. The molecule has 15 heavy (non-hydrogen) atoms. The number of nitrogens with two attached hydrogens (primary N) is 1. The molecule has 5 heteroatoms. The Kier molecular flexibility index (Phi) is 4.55. The molecule has 86 valence electrons. The van der Waals surface area contributed by atoms with Crippen LogP contribution in [-0.4, -0.2) is 30.9 Å². The Morgan fingerprint density at radius 3 is 2.93 bits per heavy atom. The molecule has 2 amide bonds. The van der Waals surface area contributed by atoms with Gasteiger partial charge in [0.05, 0.1) is 6.04 Å². The van der Waals surface area contributed by atoms with Crippen molar-refractivity contribution in [2.24, 2.45) is 11.7 Å². The maximum absolute atomic E-state index is 11.5. The third kappa shape index (κ3) is 3.87. The molecule has 2 atom stereocenters. The van der Waals surface area contributed by atoms with Crippen LogP contribution in [0, 0.1) is 5.92 Å². The van der Waals surface area contributed by atoms with Crippen LogP contribution in [0.3, 0.4) is 0 Å². The van der Waals surface area contributed by atoms with Crippen LogP contribution in [0.2, 0.25) is 0 Å². The summed E-state index contributed by atoms with van der Waals surface area (Å²) in [7, 11) is 0. The molecule has 0 aromatic carbocycles. The van der Waals surface area contributed by atoms with Crippen LogP contribution in [0.15, 0.2) is 0 Å². The van der Waals surface area contributed by atoms with E-state index in [0.717, 1.165) is 6.42 Å². The Morgan fingerprint density at radius 2 is 2.47 bits per heavy atom. The minimum atomic E-state index is -0.0414. The molecule has 1 aliphatic heterocycles. The van der Waals surface area contributed by atoms with Gasteiger partial charge < -0.3 is 16.4 Å². The second-order valence-electron chi connectivity index (χ2n) is 3.99. The molecule has 1 rings (SSSR count). The first-order valence-corrected chi connectivity index (χ1v) is 5.41. The highest BCUT2D eigenvalue weighted by atomic mass is 16.2. The zero-order chi connectivity index (χ0) is 11.3. The van der Waals surface area contributed by atoms with E-state index in [0.29, 0.717) is 25.9 Å². The van der Waals surface area contributed by atoms with E-state index in [2.05, 4.69) is 10.6 Å². The minimum Gasteiger partial charge on any atom is -0.354 e. The summed E-state index contributed by atoms with van der Waals surface area (Å²) in [6.07, 6.45) is 1.76. The van der Waals surface area contributed by atoms with Crippen molar-refractivity contribution in [3.63, 3.8) is 0 Å². The van der Waals surface area contributed by atoms with Crippen molar-refractivity contribution in [1.29, 1.82) is 0 Å². The van der Waals surface area contributed by atoms with Crippen molar-refractivity contribution >= 4 is 11.8 Å². The van der Waals surface area contributed by atoms with Crippen LogP contribution >= 0.6 is 0 Å². The quantitative estimate of drug-likeness (QED) is 0.568. The molecule has 0 spiro atoms. The predicted octanol–water partition coefficient (Wildman–Crippen LogP) is -0.634. The number of amides is 2. The molecule has 5 nitrogen and oxygen atoms in total. The maximum atomic E-state index is 11.5. The second-order valence-corrected chi connectivity index (χ2v) is 3.99. The maximum Gasteiger partial charge on any atom is 0.222 e.